The van der Waals surface area contributed by atoms with E-state index in [0.29, 0.717) is 0 Å². The molecule has 0 N–H and O–H groups in total. The second kappa shape index (κ2) is 13.5. The topological polar surface area (TPSA) is 21.1 Å². The first-order valence-electron chi connectivity index (χ1n) is 22.0. The first-order valence-corrected chi connectivity index (χ1v) is 22.8. The highest BCUT2D eigenvalue weighted by Crippen LogP contribution is 2.63. The summed E-state index contributed by atoms with van der Waals surface area (Å²) in [4.78, 5) is 10.4. The minimum atomic E-state index is -0.404. The molecule has 4 heteroatoms. The van der Waals surface area contributed by atoms with E-state index in [4.69, 9.17) is 4.98 Å². The number of nitrogens with zero attached hydrogens (tertiary/aromatic N) is 3. The van der Waals surface area contributed by atoms with E-state index in [1.165, 1.54) is 87.5 Å². The molecule has 64 heavy (non-hydrogen) atoms. The van der Waals surface area contributed by atoms with Gasteiger partial charge >= 0.3 is 0 Å². The highest BCUT2D eigenvalue weighted by molar-refractivity contribution is 7.99. The van der Waals surface area contributed by atoms with E-state index in [1.54, 1.807) is 0 Å². The Morgan fingerprint density at radius 1 is 0.391 bits per heavy atom. The first kappa shape index (κ1) is 35.7. The number of pyridine rings is 1. The Hall–Kier alpha value is -7.92. The second-order valence-electron chi connectivity index (χ2n) is 17.0. The van der Waals surface area contributed by atoms with Crippen molar-refractivity contribution in [2.45, 2.75) is 15.2 Å². The number of rotatable bonds is 4. The molecule has 0 saturated carbocycles. The molecule has 0 atom stereocenters. The fourth-order valence-corrected chi connectivity index (χ4v) is 12.3. The maximum atomic E-state index is 5.47. The molecule has 1 spiro atoms. The number of fused-ring (bicyclic) bond motifs is 16. The molecule has 0 radical (unpaired) electrons. The van der Waals surface area contributed by atoms with Crippen molar-refractivity contribution >= 4 is 50.6 Å². The zero-order valence-corrected chi connectivity index (χ0v) is 35.4. The Balaban J connectivity index is 0.922. The Kier molecular flexibility index (Phi) is 7.54. The second-order valence-corrected chi connectivity index (χ2v) is 18.1. The van der Waals surface area contributed by atoms with Crippen LogP contribution in [0.4, 0.5) is 17.1 Å². The highest BCUT2D eigenvalue weighted by Gasteiger charge is 2.51. The van der Waals surface area contributed by atoms with Gasteiger partial charge in [-0.3, -0.25) is 0 Å². The summed E-state index contributed by atoms with van der Waals surface area (Å²) in [6, 6.07) is 82.4. The number of para-hydroxylation sites is 3. The van der Waals surface area contributed by atoms with Crippen LogP contribution in [0, 0.1) is 0 Å². The molecular formula is C60H37N3S. The molecule has 0 fully saturated rings. The fourth-order valence-electron chi connectivity index (χ4n) is 11.2. The van der Waals surface area contributed by atoms with Gasteiger partial charge in [0, 0.05) is 43.1 Å². The van der Waals surface area contributed by atoms with Gasteiger partial charge in [0.15, 0.2) is 0 Å². The lowest BCUT2D eigenvalue weighted by Gasteiger charge is -2.34. The predicted octanol–water partition coefficient (Wildman–Crippen LogP) is 15.8. The van der Waals surface area contributed by atoms with Gasteiger partial charge in [-0.1, -0.05) is 163 Å². The van der Waals surface area contributed by atoms with Crippen LogP contribution in [0.5, 0.6) is 0 Å². The summed E-state index contributed by atoms with van der Waals surface area (Å²) in [7, 11) is 0. The number of hydrogen-bond donors (Lipinski definition) is 0. The van der Waals surface area contributed by atoms with E-state index in [9.17, 15) is 0 Å². The SMILES string of the molecule is c1ccc(-n2c3ccccc3c3c4c(ccc32)Sc2ccccc2N4c2cccc(-c3cccc(-c4ccc5c(c4)C4(c6ccccc6-c6ccccc64)c4ccccc4-5)n3)c2)cc1. The van der Waals surface area contributed by atoms with Crippen LogP contribution in [0.25, 0.3) is 72.3 Å². The molecular weight excluding hydrogens is 795 g/mol. The van der Waals surface area contributed by atoms with Crippen molar-refractivity contribution in [3.05, 3.63) is 247 Å². The Morgan fingerprint density at radius 3 is 1.73 bits per heavy atom. The summed E-state index contributed by atoms with van der Waals surface area (Å²) in [6.07, 6.45) is 0. The van der Waals surface area contributed by atoms with Crippen molar-refractivity contribution in [1.29, 1.82) is 0 Å². The maximum Gasteiger partial charge on any atom is 0.0725 e. The number of aromatic nitrogens is 2. The smallest absolute Gasteiger partial charge is 0.0725 e. The van der Waals surface area contributed by atoms with Crippen LogP contribution in [0.3, 0.4) is 0 Å². The van der Waals surface area contributed by atoms with E-state index in [-0.39, 0.29) is 0 Å². The summed E-state index contributed by atoms with van der Waals surface area (Å²) in [5.74, 6) is 0. The van der Waals surface area contributed by atoms with Gasteiger partial charge in [-0.2, -0.15) is 0 Å². The molecule has 1 aliphatic heterocycles. The zero-order chi connectivity index (χ0) is 41.9. The zero-order valence-electron chi connectivity index (χ0n) is 34.6. The van der Waals surface area contributed by atoms with Crippen molar-refractivity contribution in [3.8, 4) is 50.5 Å². The molecule has 2 aromatic heterocycles. The minimum absolute atomic E-state index is 0.404. The molecule has 2 aliphatic carbocycles. The van der Waals surface area contributed by atoms with Crippen molar-refractivity contribution in [3.63, 3.8) is 0 Å². The van der Waals surface area contributed by atoms with Gasteiger partial charge in [0.2, 0.25) is 0 Å². The van der Waals surface area contributed by atoms with Crippen molar-refractivity contribution < 1.29 is 0 Å². The number of benzene rings is 9. The van der Waals surface area contributed by atoms with Crippen LogP contribution < -0.4 is 4.90 Å². The number of hydrogen-bond acceptors (Lipinski definition) is 3. The molecule has 298 valence electrons. The quantitative estimate of drug-likeness (QED) is 0.176. The molecule has 0 amide bonds. The molecule has 14 rings (SSSR count). The lowest BCUT2D eigenvalue weighted by atomic mass is 9.70. The summed E-state index contributed by atoms with van der Waals surface area (Å²) >= 11 is 1.85. The van der Waals surface area contributed by atoms with E-state index in [1.807, 2.05) is 11.8 Å². The lowest BCUT2D eigenvalue weighted by molar-refractivity contribution is 0.794. The third-order valence-electron chi connectivity index (χ3n) is 13.8. The van der Waals surface area contributed by atoms with Gasteiger partial charge in [0.05, 0.1) is 39.2 Å². The van der Waals surface area contributed by atoms with E-state index in [0.717, 1.165) is 33.9 Å². The highest BCUT2D eigenvalue weighted by atomic mass is 32.2. The van der Waals surface area contributed by atoms with Gasteiger partial charge in [0.25, 0.3) is 0 Å². The van der Waals surface area contributed by atoms with Crippen molar-refractivity contribution in [2.24, 2.45) is 0 Å². The van der Waals surface area contributed by atoms with Crippen LogP contribution in [0.2, 0.25) is 0 Å². The van der Waals surface area contributed by atoms with E-state index in [2.05, 4.69) is 234 Å². The lowest BCUT2D eigenvalue weighted by Crippen LogP contribution is -2.25. The Bertz CT molecular complexity index is 3670. The normalized spacial score (nSPS) is 13.7. The van der Waals surface area contributed by atoms with Gasteiger partial charge in [0.1, 0.15) is 0 Å². The Morgan fingerprint density at radius 2 is 0.984 bits per heavy atom. The van der Waals surface area contributed by atoms with Crippen LogP contribution in [-0.2, 0) is 5.41 Å². The third-order valence-corrected chi connectivity index (χ3v) is 14.9. The van der Waals surface area contributed by atoms with Gasteiger partial charge < -0.3 is 9.47 Å². The standard InChI is InChI=1S/C60H37N3S/c1-2-17-40(18-3-1)62-53-29-11-7-23-46(53)58-55(62)34-35-57-59(58)63(54-30-12-13-31-56(54)64-57)41-19-14-16-38(36-41)51-27-15-28-52(61-51)39-32-33-45-44-22-6-10-26-49(44)60(50(45)37-39)47-24-8-4-20-42(47)43-21-5-9-25-48(43)60/h1-37H. The summed E-state index contributed by atoms with van der Waals surface area (Å²) in [5, 5.41) is 2.48. The molecule has 3 heterocycles. The predicted molar refractivity (Wildman–Crippen MR) is 265 cm³/mol. The average molecular weight is 832 g/mol. The van der Waals surface area contributed by atoms with Crippen LogP contribution in [0.15, 0.2) is 234 Å². The first-order chi connectivity index (χ1) is 31.8. The molecule has 9 aromatic carbocycles. The third kappa shape index (κ3) is 4.86. The molecule has 3 aliphatic rings. The van der Waals surface area contributed by atoms with Crippen LogP contribution in [0.1, 0.15) is 22.3 Å². The molecule has 0 saturated heterocycles. The van der Waals surface area contributed by atoms with Gasteiger partial charge in [-0.25, -0.2) is 4.98 Å². The maximum absolute atomic E-state index is 5.47. The summed E-state index contributed by atoms with van der Waals surface area (Å²) in [5.41, 5.74) is 21.2. The summed E-state index contributed by atoms with van der Waals surface area (Å²) in [6.45, 7) is 0. The molecule has 0 bridgehead atoms. The van der Waals surface area contributed by atoms with E-state index < -0.39 is 5.41 Å². The van der Waals surface area contributed by atoms with Crippen LogP contribution >= 0.6 is 11.8 Å². The van der Waals surface area contributed by atoms with E-state index >= 15 is 0 Å². The van der Waals surface area contributed by atoms with Crippen LogP contribution in [-0.4, -0.2) is 9.55 Å². The molecule has 3 nitrogen and oxygen atoms in total. The summed E-state index contributed by atoms with van der Waals surface area (Å²) < 4.78 is 2.41. The largest absolute Gasteiger partial charge is 0.309 e. The minimum Gasteiger partial charge on any atom is -0.309 e. The van der Waals surface area contributed by atoms with Gasteiger partial charge in [-0.05, 0) is 117 Å². The average Bonchev–Trinajstić information content (AvgIpc) is 3.98. The fraction of sp³-hybridized carbons (Fsp3) is 0.0167. The van der Waals surface area contributed by atoms with Crippen molar-refractivity contribution in [1.82, 2.24) is 9.55 Å². The monoisotopic (exact) mass is 831 g/mol. The number of anilines is 3. The Labute approximate surface area is 375 Å². The van der Waals surface area contributed by atoms with Crippen molar-refractivity contribution in [2.75, 3.05) is 4.90 Å². The molecule has 11 aromatic rings. The van der Waals surface area contributed by atoms with Gasteiger partial charge in [-0.15, -0.1) is 0 Å². The molecule has 0 unspecified atom stereocenters.